The Bertz CT molecular complexity index is 844. The highest BCUT2D eigenvalue weighted by molar-refractivity contribution is 5.58. The third kappa shape index (κ3) is 3.88. The molecule has 0 bridgehead atoms. The van der Waals surface area contributed by atoms with Crippen molar-refractivity contribution in [3.05, 3.63) is 82.9 Å². The molecular weight excluding hydrogens is 290 g/mol. The SMILES string of the molecule is O=c1[nH]cnc(NCc2ccccc2)c1N=Nc1ccccc1. The van der Waals surface area contributed by atoms with Gasteiger partial charge in [0, 0.05) is 6.54 Å². The Labute approximate surface area is 133 Å². The quantitative estimate of drug-likeness (QED) is 0.703. The molecule has 0 aliphatic heterocycles. The third-order valence-corrected chi connectivity index (χ3v) is 3.15. The van der Waals surface area contributed by atoms with Crippen LogP contribution in [0.5, 0.6) is 0 Å². The zero-order valence-corrected chi connectivity index (χ0v) is 12.3. The first kappa shape index (κ1) is 14.6. The molecule has 1 heterocycles. The van der Waals surface area contributed by atoms with Crippen molar-refractivity contribution in [3.63, 3.8) is 0 Å². The molecule has 0 spiro atoms. The molecule has 0 unspecified atom stereocenters. The maximum Gasteiger partial charge on any atom is 0.280 e. The lowest BCUT2D eigenvalue weighted by molar-refractivity contribution is 1.04. The van der Waals surface area contributed by atoms with Crippen LogP contribution in [-0.4, -0.2) is 9.97 Å². The van der Waals surface area contributed by atoms with Crippen LogP contribution in [0, 0.1) is 0 Å². The fourth-order valence-corrected chi connectivity index (χ4v) is 2.00. The molecule has 6 heteroatoms. The summed E-state index contributed by atoms with van der Waals surface area (Å²) in [5, 5.41) is 11.2. The van der Waals surface area contributed by atoms with Gasteiger partial charge < -0.3 is 10.3 Å². The molecule has 1 aromatic heterocycles. The fraction of sp³-hybridized carbons (Fsp3) is 0.0588. The summed E-state index contributed by atoms with van der Waals surface area (Å²) in [6.45, 7) is 0.547. The molecular formula is C17H15N5O. The first-order valence-electron chi connectivity index (χ1n) is 7.15. The molecule has 114 valence electrons. The molecule has 0 saturated carbocycles. The lowest BCUT2D eigenvalue weighted by Crippen LogP contribution is -2.10. The van der Waals surface area contributed by atoms with Gasteiger partial charge >= 0.3 is 0 Å². The van der Waals surface area contributed by atoms with E-state index in [4.69, 9.17) is 0 Å². The Hall–Kier alpha value is -3.28. The van der Waals surface area contributed by atoms with Crippen LogP contribution in [0.4, 0.5) is 17.2 Å². The Morgan fingerprint density at radius 2 is 1.65 bits per heavy atom. The second-order valence-corrected chi connectivity index (χ2v) is 4.80. The second-order valence-electron chi connectivity index (χ2n) is 4.80. The average Bonchev–Trinajstić information content (AvgIpc) is 2.61. The van der Waals surface area contributed by atoms with Crippen molar-refractivity contribution in [2.24, 2.45) is 10.2 Å². The number of aromatic amines is 1. The van der Waals surface area contributed by atoms with E-state index in [1.807, 2.05) is 60.7 Å². The van der Waals surface area contributed by atoms with Gasteiger partial charge in [-0.3, -0.25) is 4.79 Å². The number of nitrogens with zero attached hydrogens (tertiary/aromatic N) is 3. The van der Waals surface area contributed by atoms with Gasteiger partial charge in [-0.15, -0.1) is 5.11 Å². The van der Waals surface area contributed by atoms with Crippen LogP contribution in [0.3, 0.4) is 0 Å². The smallest absolute Gasteiger partial charge is 0.280 e. The average molecular weight is 305 g/mol. The number of nitrogens with one attached hydrogen (secondary N) is 2. The van der Waals surface area contributed by atoms with Gasteiger partial charge in [0.25, 0.3) is 5.56 Å². The minimum atomic E-state index is -0.338. The van der Waals surface area contributed by atoms with Crippen LogP contribution in [0.2, 0.25) is 0 Å². The van der Waals surface area contributed by atoms with Gasteiger partial charge in [-0.05, 0) is 17.7 Å². The molecule has 0 saturated heterocycles. The standard InChI is InChI=1S/C17H15N5O/c23-17-15(22-21-14-9-5-2-6-10-14)16(19-12-20-17)18-11-13-7-3-1-4-8-13/h1-10,12H,11H2,(H2,18,19,20,23). The summed E-state index contributed by atoms with van der Waals surface area (Å²) >= 11 is 0. The number of azo groups is 1. The molecule has 2 aromatic carbocycles. The molecule has 3 aromatic rings. The second kappa shape index (κ2) is 7.13. The molecule has 23 heavy (non-hydrogen) atoms. The van der Waals surface area contributed by atoms with E-state index in [0.717, 1.165) is 5.56 Å². The summed E-state index contributed by atoms with van der Waals surface area (Å²) in [6.07, 6.45) is 1.34. The molecule has 0 aliphatic rings. The molecule has 2 N–H and O–H groups in total. The highest BCUT2D eigenvalue weighted by atomic mass is 16.1. The third-order valence-electron chi connectivity index (χ3n) is 3.15. The summed E-state index contributed by atoms with van der Waals surface area (Å²) < 4.78 is 0. The summed E-state index contributed by atoms with van der Waals surface area (Å²) in [7, 11) is 0. The Kier molecular flexibility index (Phi) is 4.54. The van der Waals surface area contributed by atoms with Gasteiger partial charge in [0.1, 0.15) is 0 Å². The maximum absolute atomic E-state index is 12.0. The highest BCUT2D eigenvalue weighted by Gasteiger charge is 2.07. The first-order chi connectivity index (χ1) is 11.3. The largest absolute Gasteiger partial charge is 0.364 e. The predicted octanol–water partition coefficient (Wildman–Crippen LogP) is 3.80. The van der Waals surface area contributed by atoms with E-state index >= 15 is 0 Å². The predicted molar refractivity (Wildman–Crippen MR) is 89.2 cm³/mol. The fourth-order valence-electron chi connectivity index (χ4n) is 2.00. The Morgan fingerprint density at radius 1 is 0.957 bits per heavy atom. The molecule has 6 nitrogen and oxygen atoms in total. The minimum absolute atomic E-state index is 0.160. The van der Waals surface area contributed by atoms with Crippen molar-refractivity contribution in [1.29, 1.82) is 0 Å². The van der Waals surface area contributed by atoms with Crippen molar-refractivity contribution < 1.29 is 0 Å². The molecule has 0 aliphatic carbocycles. The van der Waals surface area contributed by atoms with E-state index in [9.17, 15) is 4.79 Å². The van der Waals surface area contributed by atoms with Gasteiger partial charge in [0.05, 0.1) is 12.0 Å². The molecule has 3 rings (SSSR count). The van der Waals surface area contributed by atoms with Crippen LogP contribution in [0.15, 0.2) is 82.0 Å². The van der Waals surface area contributed by atoms with Gasteiger partial charge in [-0.2, -0.15) is 5.11 Å². The van der Waals surface area contributed by atoms with Crippen molar-refractivity contribution in [2.45, 2.75) is 6.54 Å². The van der Waals surface area contributed by atoms with Crippen LogP contribution in [-0.2, 0) is 6.54 Å². The minimum Gasteiger partial charge on any atom is -0.364 e. The van der Waals surface area contributed by atoms with Gasteiger partial charge in [0.15, 0.2) is 11.5 Å². The van der Waals surface area contributed by atoms with Gasteiger partial charge in [0.2, 0.25) is 0 Å². The normalized spacial score (nSPS) is 10.8. The van der Waals surface area contributed by atoms with E-state index in [2.05, 4.69) is 25.5 Å². The van der Waals surface area contributed by atoms with Crippen LogP contribution in [0.1, 0.15) is 5.56 Å². The lowest BCUT2D eigenvalue weighted by Gasteiger charge is -2.06. The maximum atomic E-state index is 12.0. The van der Waals surface area contributed by atoms with E-state index in [1.54, 1.807) is 0 Å². The zero-order valence-electron chi connectivity index (χ0n) is 12.3. The number of rotatable bonds is 5. The van der Waals surface area contributed by atoms with Crippen molar-refractivity contribution in [3.8, 4) is 0 Å². The molecule has 0 fully saturated rings. The number of hydrogen-bond acceptors (Lipinski definition) is 5. The number of aromatic nitrogens is 2. The van der Waals surface area contributed by atoms with Crippen molar-refractivity contribution >= 4 is 17.2 Å². The van der Waals surface area contributed by atoms with E-state index in [1.165, 1.54) is 6.33 Å². The summed E-state index contributed by atoms with van der Waals surface area (Å²) in [4.78, 5) is 18.6. The van der Waals surface area contributed by atoms with Crippen LogP contribution < -0.4 is 10.9 Å². The van der Waals surface area contributed by atoms with Crippen LogP contribution >= 0.6 is 0 Å². The van der Waals surface area contributed by atoms with Crippen molar-refractivity contribution in [1.82, 2.24) is 9.97 Å². The topological polar surface area (TPSA) is 82.5 Å². The summed E-state index contributed by atoms with van der Waals surface area (Å²) in [6, 6.07) is 19.1. The van der Waals surface area contributed by atoms with Crippen LogP contribution in [0.25, 0.3) is 0 Å². The monoisotopic (exact) mass is 305 g/mol. The van der Waals surface area contributed by atoms with Gasteiger partial charge in [-0.1, -0.05) is 48.5 Å². The summed E-state index contributed by atoms with van der Waals surface area (Å²) in [5.74, 6) is 0.400. The summed E-state index contributed by atoms with van der Waals surface area (Å²) in [5.41, 5.74) is 1.58. The van der Waals surface area contributed by atoms with E-state index < -0.39 is 0 Å². The number of H-pyrrole nitrogens is 1. The van der Waals surface area contributed by atoms with E-state index in [-0.39, 0.29) is 11.2 Å². The van der Waals surface area contributed by atoms with Crippen molar-refractivity contribution in [2.75, 3.05) is 5.32 Å². The molecule has 0 atom stereocenters. The molecule has 0 amide bonds. The number of benzene rings is 2. The Morgan fingerprint density at radius 3 is 2.39 bits per heavy atom. The van der Waals surface area contributed by atoms with Gasteiger partial charge in [-0.25, -0.2) is 4.98 Å². The molecule has 0 radical (unpaired) electrons. The Balaban J connectivity index is 1.82. The zero-order chi connectivity index (χ0) is 15.9. The lowest BCUT2D eigenvalue weighted by atomic mass is 10.2. The first-order valence-corrected chi connectivity index (χ1v) is 7.15. The number of anilines is 1. The number of hydrogen-bond donors (Lipinski definition) is 2. The van der Waals surface area contributed by atoms with E-state index in [0.29, 0.717) is 18.1 Å². The highest BCUT2D eigenvalue weighted by Crippen LogP contribution is 2.20.